The van der Waals surface area contributed by atoms with Crippen LogP contribution in [0.15, 0.2) is 41.6 Å². The van der Waals surface area contributed by atoms with Gasteiger partial charge in [-0.3, -0.25) is 9.52 Å². The Morgan fingerprint density at radius 1 is 1.08 bits per heavy atom. The lowest BCUT2D eigenvalue weighted by molar-refractivity contribution is 0.0601. The van der Waals surface area contributed by atoms with E-state index in [1.54, 1.807) is 11.8 Å². The maximum Gasteiger partial charge on any atom is 0.341 e. The molecule has 0 aliphatic carbocycles. The number of nitrogens with zero attached hydrogens (tertiary/aromatic N) is 3. The molecule has 1 amide bonds. The van der Waals surface area contributed by atoms with E-state index in [2.05, 4.69) is 25.3 Å². The number of ether oxygens (including phenoxy) is 2. The number of sulfonamides is 1. The van der Waals surface area contributed by atoms with Crippen LogP contribution >= 0.6 is 23.6 Å². The Hall–Kier alpha value is -3.82. The molecule has 3 rings (SSSR count). The molecule has 2 heterocycles. The molecule has 12 nitrogen and oxygen atoms in total. The summed E-state index contributed by atoms with van der Waals surface area (Å²) in [5.74, 6) is -0.522. The maximum atomic E-state index is 13.0. The Kier molecular flexibility index (Phi) is 9.77. The van der Waals surface area contributed by atoms with E-state index in [1.165, 1.54) is 50.9 Å². The number of carbonyl (C=O) groups is 2. The van der Waals surface area contributed by atoms with Crippen LogP contribution in [0.2, 0.25) is 0 Å². The van der Waals surface area contributed by atoms with Gasteiger partial charge in [-0.25, -0.2) is 23.2 Å². The molecule has 15 heteroatoms. The second-order valence-corrected chi connectivity index (χ2v) is 11.0. The summed E-state index contributed by atoms with van der Waals surface area (Å²) in [5, 5.41) is 6.40. The van der Waals surface area contributed by atoms with Crippen LogP contribution in [-0.4, -0.2) is 67.6 Å². The van der Waals surface area contributed by atoms with Gasteiger partial charge in [-0.15, -0.1) is 11.3 Å². The minimum atomic E-state index is -3.93. The van der Waals surface area contributed by atoms with E-state index in [0.717, 1.165) is 11.3 Å². The Labute approximate surface area is 235 Å². The highest BCUT2D eigenvalue weighted by molar-refractivity contribution is 7.92. The first kappa shape index (κ1) is 29.7. The number of benzene rings is 1. The number of aromatic nitrogens is 2. The van der Waals surface area contributed by atoms with Gasteiger partial charge in [-0.1, -0.05) is 0 Å². The molecule has 3 N–H and O–H groups in total. The summed E-state index contributed by atoms with van der Waals surface area (Å²) in [6, 6.07) is 7.19. The van der Waals surface area contributed by atoms with Gasteiger partial charge in [0.2, 0.25) is 5.88 Å². The third-order valence-electron chi connectivity index (χ3n) is 5.52. The minimum Gasteiger partial charge on any atom is -0.481 e. The lowest BCUT2D eigenvalue weighted by atomic mass is 10.1. The third-order valence-corrected chi connectivity index (χ3v) is 8.29. The monoisotopic (exact) mass is 592 g/mol. The smallest absolute Gasteiger partial charge is 0.341 e. The second kappa shape index (κ2) is 12.8. The van der Waals surface area contributed by atoms with Crippen LogP contribution in [0.5, 0.6) is 5.88 Å². The lowest BCUT2D eigenvalue weighted by Crippen LogP contribution is -2.30. The van der Waals surface area contributed by atoms with Gasteiger partial charge in [0.05, 0.1) is 29.6 Å². The van der Waals surface area contributed by atoms with Crippen molar-refractivity contribution in [3.8, 4) is 5.88 Å². The van der Waals surface area contributed by atoms with Crippen molar-refractivity contribution in [1.82, 2.24) is 14.9 Å². The molecule has 0 saturated carbocycles. The average molecular weight is 593 g/mol. The van der Waals surface area contributed by atoms with E-state index in [1.807, 2.05) is 13.8 Å². The van der Waals surface area contributed by atoms with Crippen molar-refractivity contribution in [2.45, 2.75) is 25.7 Å². The van der Waals surface area contributed by atoms with E-state index in [4.69, 9.17) is 21.7 Å². The number of thiophene rings is 1. The molecule has 3 aromatic rings. The van der Waals surface area contributed by atoms with Crippen molar-refractivity contribution in [3.05, 3.63) is 52.7 Å². The zero-order chi connectivity index (χ0) is 28.7. The Balaban J connectivity index is 1.76. The second-order valence-electron chi connectivity index (χ2n) is 7.88. The topological polar surface area (TPSA) is 152 Å². The van der Waals surface area contributed by atoms with E-state index in [9.17, 15) is 18.0 Å². The molecule has 0 saturated heterocycles. The molecule has 0 atom stereocenters. The van der Waals surface area contributed by atoms with Crippen molar-refractivity contribution in [2.24, 2.45) is 0 Å². The predicted octanol–water partition coefficient (Wildman–Crippen LogP) is 3.73. The SMILES string of the molecule is CCN(CC)C(=O)c1sc(NC(=S)Nc2ccc(S(=O)(=O)Nc3cc(OC)ncn3)cc2)c(C(=O)OC)c1C. The number of rotatable bonds is 10. The van der Waals surface area contributed by atoms with Crippen molar-refractivity contribution in [1.29, 1.82) is 0 Å². The first-order chi connectivity index (χ1) is 18.5. The molecular formula is C24H28N6O6S3. The highest BCUT2D eigenvalue weighted by atomic mass is 32.2. The number of anilines is 3. The fraction of sp³-hybridized carbons (Fsp3) is 0.292. The number of methoxy groups -OCH3 is 2. The molecule has 0 aliphatic rings. The molecule has 0 aliphatic heterocycles. The third kappa shape index (κ3) is 6.99. The molecule has 0 radical (unpaired) electrons. The molecule has 1 aromatic carbocycles. The van der Waals surface area contributed by atoms with Crippen LogP contribution in [0.4, 0.5) is 16.5 Å². The van der Waals surface area contributed by atoms with Gasteiger partial charge in [0.1, 0.15) is 17.1 Å². The van der Waals surface area contributed by atoms with Crippen molar-refractivity contribution < 1.29 is 27.5 Å². The summed E-state index contributed by atoms with van der Waals surface area (Å²) in [6.45, 7) is 6.49. The van der Waals surface area contributed by atoms with E-state index < -0.39 is 16.0 Å². The zero-order valence-corrected chi connectivity index (χ0v) is 24.3. The van der Waals surface area contributed by atoms with Crippen LogP contribution in [0.25, 0.3) is 0 Å². The standard InChI is InChI=1S/C24H28N6O6S3/c1-6-30(7-2)22(31)20-14(3)19(23(32)36-5)21(38-20)28-24(37)27-15-8-10-16(11-9-15)39(33,34)29-17-12-18(35-4)26-13-25-17/h8-13H,6-7H2,1-5H3,(H,25,26,29)(H2,27,28,37). The van der Waals surface area contributed by atoms with Crippen LogP contribution < -0.4 is 20.1 Å². The Bertz CT molecular complexity index is 1470. The summed E-state index contributed by atoms with van der Waals surface area (Å²) in [5.41, 5.74) is 1.20. The molecule has 0 bridgehead atoms. The van der Waals surface area contributed by atoms with Gasteiger partial charge in [0.15, 0.2) is 5.11 Å². The molecular weight excluding hydrogens is 565 g/mol. The van der Waals surface area contributed by atoms with Gasteiger partial charge in [0.25, 0.3) is 15.9 Å². The normalized spacial score (nSPS) is 10.9. The number of thiocarbonyl (C=S) groups is 1. The summed E-state index contributed by atoms with van der Waals surface area (Å²) in [4.78, 5) is 35.3. The van der Waals surface area contributed by atoms with Gasteiger partial charge < -0.3 is 25.0 Å². The largest absolute Gasteiger partial charge is 0.481 e. The summed E-state index contributed by atoms with van der Waals surface area (Å²) < 4.78 is 37.8. The first-order valence-corrected chi connectivity index (χ1v) is 14.3. The van der Waals surface area contributed by atoms with Crippen molar-refractivity contribution in [3.63, 3.8) is 0 Å². The minimum absolute atomic E-state index is 0.00841. The summed E-state index contributed by atoms with van der Waals surface area (Å²) >= 11 is 6.52. The van der Waals surface area contributed by atoms with E-state index in [-0.39, 0.29) is 33.2 Å². The molecule has 2 aromatic heterocycles. The highest BCUT2D eigenvalue weighted by Gasteiger charge is 2.27. The summed E-state index contributed by atoms with van der Waals surface area (Å²) in [7, 11) is -1.26. The molecule has 0 unspecified atom stereocenters. The quantitative estimate of drug-likeness (QED) is 0.233. The Morgan fingerprint density at radius 3 is 2.33 bits per heavy atom. The van der Waals surface area contributed by atoms with Crippen LogP contribution in [0.1, 0.15) is 39.4 Å². The number of hydrogen-bond donors (Lipinski definition) is 3. The molecule has 39 heavy (non-hydrogen) atoms. The predicted molar refractivity (Wildman–Crippen MR) is 153 cm³/mol. The number of esters is 1. The van der Waals surface area contributed by atoms with Crippen LogP contribution in [0, 0.1) is 6.92 Å². The molecule has 208 valence electrons. The summed E-state index contributed by atoms with van der Waals surface area (Å²) in [6.07, 6.45) is 1.18. The Morgan fingerprint density at radius 2 is 1.74 bits per heavy atom. The highest BCUT2D eigenvalue weighted by Crippen LogP contribution is 2.34. The maximum absolute atomic E-state index is 13.0. The first-order valence-electron chi connectivity index (χ1n) is 11.6. The molecule has 0 fully saturated rings. The average Bonchev–Trinajstić information content (AvgIpc) is 3.24. The fourth-order valence-corrected chi connectivity index (χ4v) is 5.95. The number of nitrogens with one attached hydrogen (secondary N) is 3. The van der Waals surface area contributed by atoms with E-state index >= 15 is 0 Å². The number of hydrogen-bond acceptors (Lipinski definition) is 10. The fourth-order valence-electron chi connectivity index (χ4n) is 3.49. The lowest BCUT2D eigenvalue weighted by Gasteiger charge is -2.18. The number of amides is 1. The van der Waals surface area contributed by atoms with Crippen LogP contribution in [0.3, 0.4) is 0 Å². The van der Waals surface area contributed by atoms with Crippen LogP contribution in [-0.2, 0) is 14.8 Å². The molecule has 0 spiro atoms. The zero-order valence-electron chi connectivity index (χ0n) is 21.9. The van der Waals surface area contributed by atoms with Gasteiger partial charge >= 0.3 is 5.97 Å². The van der Waals surface area contributed by atoms with Gasteiger partial charge in [-0.2, -0.15) is 0 Å². The van der Waals surface area contributed by atoms with E-state index in [0.29, 0.717) is 34.2 Å². The van der Waals surface area contributed by atoms with Gasteiger partial charge in [-0.05, 0) is 62.8 Å². The number of carbonyl (C=O) groups excluding carboxylic acids is 2. The van der Waals surface area contributed by atoms with Crippen molar-refractivity contribution in [2.75, 3.05) is 42.7 Å². The van der Waals surface area contributed by atoms with Crippen molar-refractivity contribution >= 4 is 67.1 Å². The van der Waals surface area contributed by atoms with Gasteiger partial charge in [0, 0.05) is 24.8 Å².